The number of ether oxygens (including phenoxy) is 1. The fourth-order valence-corrected chi connectivity index (χ4v) is 2.80. The smallest absolute Gasteiger partial charge is 0.326 e. The van der Waals surface area contributed by atoms with Crippen LogP contribution in [-0.4, -0.2) is 42.5 Å². The molecule has 0 aromatic heterocycles. The molecule has 0 radical (unpaired) electrons. The summed E-state index contributed by atoms with van der Waals surface area (Å²) in [6.07, 6.45) is 0.340. The molecule has 1 N–H and O–H groups in total. The van der Waals surface area contributed by atoms with Gasteiger partial charge in [0.1, 0.15) is 6.54 Å². The summed E-state index contributed by atoms with van der Waals surface area (Å²) < 4.78 is 4.97. The van der Waals surface area contributed by atoms with E-state index in [0.717, 1.165) is 4.90 Å². The number of nitrogens with one attached hydrogen (secondary N) is 1. The lowest BCUT2D eigenvalue weighted by molar-refractivity contribution is -0.141. The van der Waals surface area contributed by atoms with Gasteiger partial charge in [-0.15, -0.1) is 0 Å². The monoisotopic (exact) mass is 394 g/mol. The molecule has 148 valence electrons. The van der Waals surface area contributed by atoms with Crippen molar-refractivity contribution < 1.29 is 28.7 Å². The Balaban J connectivity index is 1.56. The second-order valence-electron chi connectivity index (χ2n) is 6.30. The summed E-state index contributed by atoms with van der Waals surface area (Å²) in [5.41, 5.74) is 1.44. The highest BCUT2D eigenvalue weighted by atomic mass is 16.5. The first-order valence-electron chi connectivity index (χ1n) is 8.94. The number of Topliss-reactive ketones (excluding diaryl/α,β-unsaturated/α-hetero) is 2. The minimum atomic E-state index is -0.806. The van der Waals surface area contributed by atoms with Crippen LogP contribution in [0.15, 0.2) is 48.5 Å². The van der Waals surface area contributed by atoms with Crippen molar-refractivity contribution in [1.82, 2.24) is 0 Å². The second kappa shape index (κ2) is 8.47. The van der Waals surface area contributed by atoms with Crippen LogP contribution in [0.2, 0.25) is 0 Å². The lowest BCUT2D eigenvalue weighted by Gasteiger charge is -2.15. The molecule has 0 bridgehead atoms. The number of hydrogen-bond donors (Lipinski definition) is 1. The number of nitrogens with zero attached hydrogens (tertiary/aromatic N) is 1. The molecule has 3 rings (SSSR count). The topological polar surface area (TPSA) is 110 Å². The Bertz CT molecular complexity index is 996. The van der Waals surface area contributed by atoms with Crippen molar-refractivity contribution in [2.45, 2.75) is 13.3 Å². The second-order valence-corrected chi connectivity index (χ2v) is 6.30. The number of rotatable bonds is 7. The van der Waals surface area contributed by atoms with Gasteiger partial charge in [-0.2, -0.15) is 0 Å². The maximum Gasteiger partial charge on any atom is 0.326 e. The van der Waals surface area contributed by atoms with Gasteiger partial charge in [-0.3, -0.25) is 28.9 Å². The normalized spacial score (nSPS) is 12.5. The van der Waals surface area contributed by atoms with Gasteiger partial charge in [0.25, 0.3) is 11.7 Å². The zero-order valence-electron chi connectivity index (χ0n) is 15.6. The lowest BCUT2D eigenvalue weighted by atomic mass is 10.1. The van der Waals surface area contributed by atoms with Gasteiger partial charge in [0.05, 0.1) is 11.3 Å². The molecule has 0 fully saturated rings. The van der Waals surface area contributed by atoms with Crippen LogP contribution in [0.5, 0.6) is 0 Å². The Labute approximate surface area is 166 Å². The maximum absolute atomic E-state index is 12.2. The number of carbonyl (C=O) groups excluding carboxylic acids is 5. The summed E-state index contributed by atoms with van der Waals surface area (Å²) in [6.45, 7) is 0.764. The van der Waals surface area contributed by atoms with Gasteiger partial charge in [0.15, 0.2) is 12.4 Å². The van der Waals surface area contributed by atoms with Gasteiger partial charge in [-0.1, -0.05) is 19.1 Å². The summed E-state index contributed by atoms with van der Waals surface area (Å²) in [7, 11) is 0. The van der Waals surface area contributed by atoms with Crippen molar-refractivity contribution in [3.05, 3.63) is 59.7 Å². The Morgan fingerprint density at radius 2 is 1.69 bits per heavy atom. The molecule has 1 aliphatic heterocycles. The van der Waals surface area contributed by atoms with Crippen LogP contribution < -0.4 is 10.2 Å². The van der Waals surface area contributed by atoms with E-state index in [1.807, 2.05) is 0 Å². The van der Waals surface area contributed by atoms with Crippen LogP contribution >= 0.6 is 0 Å². The average molecular weight is 394 g/mol. The first-order valence-corrected chi connectivity index (χ1v) is 8.94. The molecule has 2 amide bonds. The molecule has 1 aliphatic rings. The molecule has 0 atom stereocenters. The molecular weight excluding hydrogens is 376 g/mol. The third kappa shape index (κ3) is 4.37. The number of esters is 1. The van der Waals surface area contributed by atoms with Crippen LogP contribution in [0.4, 0.5) is 11.4 Å². The van der Waals surface area contributed by atoms with E-state index in [4.69, 9.17) is 4.74 Å². The molecule has 0 saturated heterocycles. The molecule has 8 nitrogen and oxygen atoms in total. The summed E-state index contributed by atoms with van der Waals surface area (Å²) in [6, 6.07) is 12.5. The molecule has 1 heterocycles. The Morgan fingerprint density at radius 1 is 1.00 bits per heavy atom. The van der Waals surface area contributed by atoms with Crippen molar-refractivity contribution >= 4 is 40.7 Å². The van der Waals surface area contributed by atoms with Crippen LogP contribution in [0.3, 0.4) is 0 Å². The van der Waals surface area contributed by atoms with Crippen molar-refractivity contribution in [3.63, 3.8) is 0 Å². The predicted octanol–water partition coefficient (Wildman–Crippen LogP) is 1.99. The lowest BCUT2D eigenvalue weighted by Crippen LogP contribution is -2.36. The third-order valence-electron chi connectivity index (χ3n) is 4.34. The molecule has 0 spiro atoms. The number of benzene rings is 2. The van der Waals surface area contributed by atoms with E-state index in [1.54, 1.807) is 37.3 Å². The van der Waals surface area contributed by atoms with Crippen LogP contribution in [-0.2, 0) is 19.1 Å². The number of amides is 2. The van der Waals surface area contributed by atoms with Gasteiger partial charge in [0.2, 0.25) is 5.91 Å². The largest absolute Gasteiger partial charge is 0.456 e. The summed E-state index contributed by atoms with van der Waals surface area (Å²) in [5, 5.41) is 2.66. The molecule has 8 heteroatoms. The molecule has 2 aromatic rings. The van der Waals surface area contributed by atoms with E-state index in [2.05, 4.69) is 5.32 Å². The third-order valence-corrected chi connectivity index (χ3v) is 4.34. The fraction of sp³-hybridized carbons (Fsp3) is 0.190. The van der Waals surface area contributed by atoms with Crippen LogP contribution in [0.25, 0.3) is 0 Å². The molecule has 0 unspecified atom stereocenters. The zero-order valence-corrected chi connectivity index (χ0v) is 15.6. The van der Waals surface area contributed by atoms with Crippen molar-refractivity contribution in [2.24, 2.45) is 0 Å². The average Bonchev–Trinajstić information content (AvgIpc) is 2.97. The highest BCUT2D eigenvalue weighted by Gasteiger charge is 2.36. The van der Waals surface area contributed by atoms with E-state index >= 15 is 0 Å². The molecule has 29 heavy (non-hydrogen) atoms. The molecule has 2 aromatic carbocycles. The van der Waals surface area contributed by atoms with E-state index in [9.17, 15) is 24.0 Å². The number of carbonyl (C=O) groups is 5. The van der Waals surface area contributed by atoms with Crippen LogP contribution in [0.1, 0.15) is 34.1 Å². The standard InChI is InChI=1S/C21H18N2O6/c1-2-18(25)22-14-9-7-13(8-10-14)17(24)12-29-19(26)11-23-16-6-4-3-5-15(16)20(27)21(23)28/h3-10H,2,11-12H2,1H3,(H,22,25). The highest BCUT2D eigenvalue weighted by Crippen LogP contribution is 2.28. The first kappa shape index (κ1) is 19.9. The number of fused-ring (bicyclic) bond motifs is 1. The summed E-state index contributed by atoms with van der Waals surface area (Å²) in [5.74, 6) is -2.87. The minimum absolute atomic E-state index is 0.144. The van der Waals surface area contributed by atoms with E-state index in [1.165, 1.54) is 18.2 Å². The van der Waals surface area contributed by atoms with E-state index in [0.29, 0.717) is 23.4 Å². The molecular formula is C21H18N2O6. The number of anilines is 2. The van der Waals surface area contributed by atoms with Gasteiger partial charge in [-0.25, -0.2) is 0 Å². The quantitative estimate of drug-likeness (QED) is 0.437. The van der Waals surface area contributed by atoms with Gasteiger partial charge in [0, 0.05) is 17.7 Å². The Kier molecular flexibility index (Phi) is 5.82. The highest BCUT2D eigenvalue weighted by molar-refractivity contribution is 6.52. The minimum Gasteiger partial charge on any atom is -0.456 e. The Hall–Kier alpha value is -3.81. The van der Waals surface area contributed by atoms with Crippen molar-refractivity contribution in [3.8, 4) is 0 Å². The van der Waals surface area contributed by atoms with Crippen LogP contribution in [0, 0.1) is 0 Å². The predicted molar refractivity (Wildman–Crippen MR) is 104 cm³/mol. The Morgan fingerprint density at radius 3 is 2.38 bits per heavy atom. The zero-order chi connectivity index (χ0) is 21.0. The number of para-hydroxylation sites is 1. The first-order chi connectivity index (χ1) is 13.9. The fourth-order valence-electron chi connectivity index (χ4n) is 2.80. The summed E-state index contributed by atoms with van der Waals surface area (Å²) in [4.78, 5) is 60.7. The van der Waals surface area contributed by atoms with Gasteiger partial charge >= 0.3 is 5.97 Å². The SMILES string of the molecule is CCC(=O)Nc1ccc(C(=O)COC(=O)CN2C(=O)C(=O)c3ccccc32)cc1. The van der Waals surface area contributed by atoms with E-state index in [-0.39, 0.29) is 11.5 Å². The number of hydrogen-bond acceptors (Lipinski definition) is 6. The number of ketones is 2. The van der Waals surface area contributed by atoms with Crippen molar-refractivity contribution in [1.29, 1.82) is 0 Å². The maximum atomic E-state index is 12.2. The van der Waals surface area contributed by atoms with E-state index < -0.39 is 36.6 Å². The van der Waals surface area contributed by atoms with Gasteiger partial charge < -0.3 is 10.1 Å². The molecule has 0 aliphatic carbocycles. The van der Waals surface area contributed by atoms with Gasteiger partial charge in [-0.05, 0) is 36.4 Å². The van der Waals surface area contributed by atoms with Crippen molar-refractivity contribution in [2.75, 3.05) is 23.4 Å². The summed E-state index contributed by atoms with van der Waals surface area (Å²) >= 11 is 0. The molecule has 0 saturated carbocycles.